The number of anilines is 2. The summed E-state index contributed by atoms with van der Waals surface area (Å²) in [6.07, 6.45) is 0.784. The summed E-state index contributed by atoms with van der Waals surface area (Å²) in [7, 11) is 3.41. The Labute approximate surface area is 175 Å². The molecule has 0 spiro atoms. The average molecular weight is 404 g/mol. The number of ether oxygens (including phenoxy) is 1. The van der Waals surface area contributed by atoms with Gasteiger partial charge in [-0.2, -0.15) is 5.10 Å². The smallest absolute Gasteiger partial charge is 0.259 e. The standard InChI is InChI=1S/C23H24N4O3/c1-14-21(15(2)26(3)25-14)22(28)24-18-8-5-16-11-12-27(20(16)13-18)23(29)17-6-9-19(30-4)10-7-17/h5-10,13H,11-12H2,1-4H3,(H,24,28). The van der Waals surface area contributed by atoms with Gasteiger partial charge in [-0.25, -0.2) is 0 Å². The van der Waals surface area contributed by atoms with Gasteiger partial charge in [0.2, 0.25) is 0 Å². The van der Waals surface area contributed by atoms with Crippen molar-refractivity contribution in [3.05, 3.63) is 70.5 Å². The molecule has 1 aromatic heterocycles. The molecule has 2 heterocycles. The molecule has 2 aromatic carbocycles. The van der Waals surface area contributed by atoms with Crippen LogP contribution in [0.1, 0.15) is 37.7 Å². The second kappa shape index (κ2) is 7.67. The van der Waals surface area contributed by atoms with Crippen LogP contribution < -0.4 is 15.0 Å². The molecule has 0 saturated heterocycles. The summed E-state index contributed by atoms with van der Waals surface area (Å²) in [5.41, 5.74) is 5.23. The maximum absolute atomic E-state index is 13.0. The van der Waals surface area contributed by atoms with Crippen LogP contribution in [0.25, 0.3) is 0 Å². The number of rotatable bonds is 4. The molecule has 0 radical (unpaired) electrons. The van der Waals surface area contributed by atoms with Crippen molar-refractivity contribution >= 4 is 23.2 Å². The molecular weight excluding hydrogens is 380 g/mol. The number of hydrogen-bond acceptors (Lipinski definition) is 4. The Balaban J connectivity index is 1.58. The Morgan fingerprint density at radius 1 is 1.10 bits per heavy atom. The number of aryl methyl sites for hydroxylation is 2. The van der Waals surface area contributed by atoms with Gasteiger partial charge in [0, 0.05) is 36.2 Å². The van der Waals surface area contributed by atoms with Crippen LogP contribution >= 0.6 is 0 Å². The zero-order valence-electron chi connectivity index (χ0n) is 17.5. The summed E-state index contributed by atoms with van der Waals surface area (Å²) in [5, 5.41) is 7.26. The van der Waals surface area contributed by atoms with Crippen molar-refractivity contribution in [2.24, 2.45) is 7.05 Å². The van der Waals surface area contributed by atoms with Crippen LogP contribution in [0.3, 0.4) is 0 Å². The third kappa shape index (κ3) is 3.43. The number of nitrogens with zero attached hydrogens (tertiary/aromatic N) is 3. The molecule has 0 unspecified atom stereocenters. The third-order valence-electron chi connectivity index (χ3n) is 5.56. The summed E-state index contributed by atoms with van der Waals surface area (Å²) in [6.45, 7) is 4.30. The highest BCUT2D eigenvalue weighted by Crippen LogP contribution is 2.32. The first-order chi connectivity index (χ1) is 14.4. The lowest BCUT2D eigenvalue weighted by atomic mass is 10.1. The Morgan fingerprint density at radius 3 is 2.47 bits per heavy atom. The molecule has 0 saturated carbocycles. The zero-order valence-corrected chi connectivity index (χ0v) is 17.5. The van der Waals surface area contributed by atoms with Crippen molar-refractivity contribution in [2.45, 2.75) is 20.3 Å². The van der Waals surface area contributed by atoms with Crippen LogP contribution in [-0.4, -0.2) is 35.2 Å². The van der Waals surface area contributed by atoms with E-state index in [0.29, 0.717) is 34.8 Å². The Hall–Kier alpha value is -3.61. The third-order valence-corrected chi connectivity index (χ3v) is 5.56. The average Bonchev–Trinajstić information content (AvgIpc) is 3.27. The molecule has 0 aliphatic carbocycles. The zero-order chi connectivity index (χ0) is 21.4. The lowest BCUT2D eigenvalue weighted by molar-refractivity contribution is 0.0988. The van der Waals surface area contributed by atoms with Gasteiger partial charge in [0.15, 0.2) is 0 Å². The molecule has 3 aromatic rings. The van der Waals surface area contributed by atoms with Crippen molar-refractivity contribution in [1.82, 2.24) is 9.78 Å². The second-order valence-corrected chi connectivity index (χ2v) is 7.40. The molecule has 7 nitrogen and oxygen atoms in total. The number of hydrogen-bond donors (Lipinski definition) is 1. The maximum Gasteiger partial charge on any atom is 0.259 e. The Kier molecular flexibility index (Phi) is 5.03. The van der Waals surface area contributed by atoms with Crippen LogP contribution in [0.4, 0.5) is 11.4 Å². The van der Waals surface area contributed by atoms with Crippen LogP contribution in [0, 0.1) is 13.8 Å². The lowest BCUT2D eigenvalue weighted by Crippen LogP contribution is -2.28. The van der Waals surface area contributed by atoms with Crippen LogP contribution in [0.15, 0.2) is 42.5 Å². The molecule has 30 heavy (non-hydrogen) atoms. The van der Waals surface area contributed by atoms with E-state index in [0.717, 1.165) is 23.4 Å². The summed E-state index contributed by atoms with van der Waals surface area (Å²) < 4.78 is 6.86. The van der Waals surface area contributed by atoms with Gasteiger partial charge < -0.3 is 15.0 Å². The number of carbonyl (C=O) groups excluding carboxylic acids is 2. The minimum atomic E-state index is -0.205. The van der Waals surface area contributed by atoms with Crippen molar-refractivity contribution in [2.75, 3.05) is 23.9 Å². The van der Waals surface area contributed by atoms with E-state index < -0.39 is 0 Å². The molecule has 1 N–H and O–H groups in total. The summed E-state index contributed by atoms with van der Waals surface area (Å²) in [6, 6.07) is 12.8. The predicted octanol–water partition coefficient (Wildman–Crippen LogP) is 3.50. The van der Waals surface area contributed by atoms with Gasteiger partial charge in [-0.1, -0.05) is 6.07 Å². The van der Waals surface area contributed by atoms with Crippen LogP contribution in [-0.2, 0) is 13.5 Å². The van der Waals surface area contributed by atoms with Crippen LogP contribution in [0.5, 0.6) is 5.75 Å². The summed E-state index contributed by atoms with van der Waals surface area (Å²) in [4.78, 5) is 27.6. The van der Waals surface area contributed by atoms with E-state index >= 15 is 0 Å². The number of aromatic nitrogens is 2. The Morgan fingerprint density at radius 2 is 1.83 bits per heavy atom. The summed E-state index contributed by atoms with van der Waals surface area (Å²) >= 11 is 0. The van der Waals surface area contributed by atoms with Crippen molar-refractivity contribution < 1.29 is 14.3 Å². The number of carbonyl (C=O) groups is 2. The first-order valence-electron chi connectivity index (χ1n) is 9.79. The highest BCUT2D eigenvalue weighted by molar-refractivity contribution is 6.09. The number of fused-ring (bicyclic) bond motifs is 1. The summed E-state index contributed by atoms with van der Waals surface area (Å²) in [5.74, 6) is 0.433. The highest BCUT2D eigenvalue weighted by atomic mass is 16.5. The molecule has 1 aliphatic rings. The van der Waals surface area contributed by atoms with E-state index in [4.69, 9.17) is 4.74 Å². The first kappa shape index (κ1) is 19.7. The number of benzene rings is 2. The Bertz CT molecular complexity index is 1130. The van der Waals surface area contributed by atoms with Gasteiger partial charge in [-0.05, 0) is 62.2 Å². The molecule has 0 atom stereocenters. The van der Waals surface area contributed by atoms with E-state index in [-0.39, 0.29) is 11.8 Å². The molecular formula is C23H24N4O3. The minimum absolute atomic E-state index is 0.0705. The second-order valence-electron chi connectivity index (χ2n) is 7.40. The maximum atomic E-state index is 13.0. The molecule has 0 fully saturated rings. The minimum Gasteiger partial charge on any atom is -0.497 e. The monoisotopic (exact) mass is 404 g/mol. The van der Waals surface area contributed by atoms with E-state index in [2.05, 4.69) is 10.4 Å². The largest absolute Gasteiger partial charge is 0.497 e. The highest BCUT2D eigenvalue weighted by Gasteiger charge is 2.26. The topological polar surface area (TPSA) is 76.5 Å². The SMILES string of the molecule is COc1ccc(C(=O)N2CCc3ccc(NC(=O)c4c(C)nn(C)c4C)cc32)cc1. The van der Waals surface area contributed by atoms with Crippen molar-refractivity contribution in [1.29, 1.82) is 0 Å². The molecule has 154 valence electrons. The molecule has 1 aliphatic heterocycles. The number of methoxy groups -OCH3 is 1. The van der Waals surface area contributed by atoms with E-state index in [1.807, 2.05) is 39.1 Å². The fourth-order valence-electron chi connectivity index (χ4n) is 3.85. The van der Waals surface area contributed by atoms with Crippen molar-refractivity contribution in [3.63, 3.8) is 0 Å². The fraction of sp³-hybridized carbons (Fsp3) is 0.261. The van der Waals surface area contributed by atoms with E-state index in [1.165, 1.54) is 0 Å². The van der Waals surface area contributed by atoms with Crippen molar-refractivity contribution in [3.8, 4) is 5.75 Å². The van der Waals surface area contributed by atoms with E-state index in [9.17, 15) is 9.59 Å². The lowest BCUT2D eigenvalue weighted by Gasteiger charge is -2.18. The predicted molar refractivity (Wildman–Crippen MR) is 115 cm³/mol. The van der Waals surface area contributed by atoms with Gasteiger partial charge in [0.25, 0.3) is 11.8 Å². The molecule has 4 rings (SSSR count). The van der Waals surface area contributed by atoms with Gasteiger partial charge in [-0.3, -0.25) is 14.3 Å². The van der Waals surface area contributed by atoms with Crippen LogP contribution in [0.2, 0.25) is 0 Å². The quantitative estimate of drug-likeness (QED) is 0.722. The van der Waals surface area contributed by atoms with Gasteiger partial charge in [0.05, 0.1) is 18.4 Å². The van der Waals surface area contributed by atoms with Gasteiger partial charge in [0.1, 0.15) is 5.75 Å². The first-order valence-corrected chi connectivity index (χ1v) is 9.79. The van der Waals surface area contributed by atoms with Gasteiger partial charge >= 0.3 is 0 Å². The molecule has 7 heteroatoms. The molecule has 2 amide bonds. The normalized spacial score (nSPS) is 12.6. The number of amides is 2. The fourth-order valence-corrected chi connectivity index (χ4v) is 3.85. The number of nitrogens with one attached hydrogen (secondary N) is 1. The van der Waals surface area contributed by atoms with E-state index in [1.54, 1.807) is 41.0 Å². The van der Waals surface area contributed by atoms with Gasteiger partial charge in [-0.15, -0.1) is 0 Å². The molecule has 0 bridgehead atoms.